The van der Waals surface area contributed by atoms with Crippen molar-refractivity contribution in [1.29, 1.82) is 0 Å². The molecule has 2 rings (SSSR count). The molecule has 1 aromatic heterocycles. The van der Waals surface area contributed by atoms with Crippen molar-refractivity contribution in [2.24, 2.45) is 0 Å². The molecule has 76 valence electrons. The van der Waals surface area contributed by atoms with Crippen molar-refractivity contribution in [2.45, 2.75) is 6.10 Å². The fraction of sp³-hybridized carbons (Fsp3) is 0.0833. The topological polar surface area (TPSA) is 53.1 Å². The first kappa shape index (κ1) is 9.68. The molecule has 1 atom stereocenters. The number of hydrogen-bond acceptors (Lipinski definition) is 2. The molecular weight excluding hydrogens is 190 g/mol. The number of aliphatic hydroxyl groups excluding tert-OH is 1. The first-order valence-electron chi connectivity index (χ1n) is 4.69. The fourth-order valence-corrected chi connectivity index (χ4v) is 1.46. The molecule has 0 spiro atoms. The molecule has 1 unspecified atom stereocenters. The lowest BCUT2D eigenvalue weighted by Crippen LogP contribution is -2.15. The highest BCUT2D eigenvalue weighted by Gasteiger charge is 2.12. The third-order valence-electron chi connectivity index (χ3n) is 2.26. The molecule has 2 aromatic rings. The largest absolute Gasteiger partial charge is 0.383 e. The average molecular weight is 201 g/mol. The Balaban J connectivity index is 2.42. The SMILES string of the molecule is O=c1[nH]cccc1C(O)c1ccccc1. The van der Waals surface area contributed by atoms with Crippen molar-refractivity contribution in [3.63, 3.8) is 0 Å². The Morgan fingerprint density at radius 2 is 1.80 bits per heavy atom. The molecule has 0 bridgehead atoms. The Bertz CT molecular complexity index is 490. The number of rotatable bonds is 2. The number of benzene rings is 1. The summed E-state index contributed by atoms with van der Waals surface area (Å²) < 4.78 is 0. The van der Waals surface area contributed by atoms with Crippen LogP contribution in [0.1, 0.15) is 17.2 Å². The summed E-state index contributed by atoms with van der Waals surface area (Å²) in [4.78, 5) is 14.0. The Kier molecular flexibility index (Phi) is 2.65. The van der Waals surface area contributed by atoms with E-state index in [2.05, 4.69) is 4.98 Å². The molecule has 3 heteroatoms. The van der Waals surface area contributed by atoms with Crippen LogP contribution in [0, 0.1) is 0 Å². The molecule has 1 heterocycles. The van der Waals surface area contributed by atoms with Crippen LogP contribution in [0.4, 0.5) is 0 Å². The molecule has 0 aliphatic heterocycles. The maximum atomic E-state index is 11.4. The number of nitrogens with one attached hydrogen (secondary N) is 1. The average Bonchev–Trinajstić information content (AvgIpc) is 2.30. The number of H-pyrrole nitrogens is 1. The molecule has 0 radical (unpaired) electrons. The van der Waals surface area contributed by atoms with Gasteiger partial charge in [0.05, 0.1) is 5.56 Å². The molecule has 0 saturated carbocycles. The number of hydrogen-bond donors (Lipinski definition) is 2. The second kappa shape index (κ2) is 4.11. The standard InChI is InChI=1S/C12H11NO2/c14-11(9-5-2-1-3-6-9)10-7-4-8-13-12(10)15/h1-8,11,14H,(H,13,15). The second-order valence-corrected chi connectivity index (χ2v) is 3.27. The van der Waals surface area contributed by atoms with Crippen LogP contribution < -0.4 is 5.56 Å². The third-order valence-corrected chi connectivity index (χ3v) is 2.26. The lowest BCUT2D eigenvalue weighted by molar-refractivity contribution is 0.218. The van der Waals surface area contributed by atoms with Gasteiger partial charge >= 0.3 is 0 Å². The predicted octanol–water partition coefficient (Wildman–Crippen LogP) is 1.46. The van der Waals surface area contributed by atoms with Gasteiger partial charge in [0.15, 0.2) is 0 Å². The summed E-state index contributed by atoms with van der Waals surface area (Å²) in [6.07, 6.45) is 0.681. The Morgan fingerprint density at radius 3 is 2.47 bits per heavy atom. The smallest absolute Gasteiger partial charge is 0.254 e. The van der Waals surface area contributed by atoms with E-state index in [0.29, 0.717) is 11.1 Å². The van der Waals surface area contributed by atoms with E-state index in [1.165, 1.54) is 0 Å². The van der Waals surface area contributed by atoms with Crippen LogP contribution in [0.3, 0.4) is 0 Å². The summed E-state index contributed by atoms with van der Waals surface area (Å²) >= 11 is 0. The van der Waals surface area contributed by atoms with E-state index < -0.39 is 6.10 Å². The van der Waals surface area contributed by atoms with E-state index in [1.54, 1.807) is 30.5 Å². The summed E-state index contributed by atoms with van der Waals surface area (Å²) in [5.74, 6) is 0. The van der Waals surface area contributed by atoms with Gasteiger partial charge in [0, 0.05) is 6.20 Å². The van der Waals surface area contributed by atoms with Gasteiger partial charge in [-0.15, -0.1) is 0 Å². The summed E-state index contributed by atoms with van der Waals surface area (Å²) in [6, 6.07) is 12.4. The van der Waals surface area contributed by atoms with E-state index >= 15 is 0 Å². The van der Waals surface area contributed by atoms with Crippen LogP contribution in [0.2, 0.25) is 0 Å². The lowest BCUT2D eigenvalue weighted by atomic mass is 10.0. The predicted molar refractivity (Wildman–Crippen MR) is 57.6 cm³/mol. The molecule has 1 aromatic carbocycles. The molecule has 0 fully saturated rings. The van der Waals surface area contributed by atoms with Crippen molar-refractivity contribution in [2.75, 3.05) is 0 Å². The third kappa shape index (κ3) is 1.97. The molecule has 0 aliphatic carbocycles. The Labute approximate surface area is 87.0 Å². The van der Waals surface area contributed by atoms with Crippen LogP contribution in [-0.2, 0) is 0 Å². The van der Waals surface area contributed by atoms with Crippen LogP contribution in [0.5, 0.6) is 0 Å². The number of aliphatic hydroxyl groups is 1. The molecular formula is C12H11NO2. The Morgan fingerprint density at radius 1 is 1.07 bits per heavy atom. The zero-order valence-corrected chi connectivity index (χ0v) is 8.05. The Hall–Kier alpha value is -1.87. The minimum Gasteiger partial charge on any atom is -0.383 e. The van der Waals surface area contributed by atoms with E-state index in [-0.39, 0.29) is 5.56 Å². The molecule has 2 N–H and O–H groups in total. The van der Waals surface area contributed by atoms with Crippen LogP contribution in [0.25, 0.3) is 0 Å². The highest BCUT2D eigenvalue weighted by atomic mass is 16.3. The first-order valence-corrected chi connectivity index (χ1v) is 4.69. The molecule has 0 amide bonds. The van der Waals surface area contributed by atoms with Crippen molar-refractivity contribution in [3.05, 3.63) is 70.1 Å². The van der Waals surface area contributed by atoms with Gasteiger partial charge in [-0.25, -0.2) is 0 Å². The number of aromatic nitrogens is 1. The van der Waals surface area contributed by atoms with Gasteiger partial charge in [0.1, 0.15) is 6.10 Å². The maximum absolute atomic E-state index is 11.4. The van der Waals surface area contributed by atoms with Crippen LogP contribution >= 0.6 is 0 Å². The quantitative estimate of drug-likeness (QED) is 0.772. The van der Waals surface area contributed by atoms with Gasteiger partial charge in [-0.05, 0) is 17.7 Å². The van der Waals surface area contributed by atoms with E-state index in [9.17, 15) is 9.90 Å². The monoisotopic (exact) mass is 201 g/mol. The summed E-state index contributed by atoms with van der Waals surface area (Å²) in [7, 11) is 0. The van der Waals surface area contributed by atoms with Gasteiger partial charge in [-0.1, -0.05) is 30.3 Å². The summed E-state index contributed by atoms with van der Waals surface area (Å²) in [6.45, 7) is 0. The molecule has 0 aliphatic rings. The number of pyridine rings is 1. The molecule has 15 heavy (non-hydrogen) atoms. The van der Waals surface area contributed by atoms with Gasteiger partial charge in [-0.3, -0.25) is 4.79 Å². The minimum absolute atomic E-state index is 0.256. The second-order valence-electron chi connectivity index (χ2n) is 3.27. The van der Waals surface area contributed by atoms with Gasteiger partial charge in [0.25, 0.3) is 5.56 Å². The van der Waals surface area contributed by atoms with Gasteiger partial charge in [0.2, 0.25) is 0 Å². The van der Waals surface area contributed by atoms with Crippen molar-refractivity contribution < 1.29 is 5.11 Å². The first-order chi connectivity index (χ1) is 7.29. The van der Waals surface area contributed by atoms with Crippen LogP contribution in [0.15, 0.2) is 53.5 Å². The van der Waals surface area contributed by atoms with Crippen molar-refractivity contribution >= 4 is 0 Å². The van der Waals surface area contributed by atoms with E-state index in [4.69, 9.17) is 0 Å². The molecule has 3 nitrogen and oxygen atoms in total. The normalized spacial score (nSPS) is 12.3. The number of aromatic amines is 1. The molecule has 0 saturated heterocycles. The van der Waals surface area contributed by atoms with Crippen molar-refractivity contribution in [1.82, 2.24) is 4.98 Å². The highest BCUT2D eigenvalue weighted by Crippen LogP contribution is 2.17. The summed E-state index contributed by atoms with van der Waals surface area (Å²) in [5, 5.41) is 9.95. The lowest BCUT2D eigenvalue weighted by Gasteiger charge is -2.09. The minimum atomic E-state index is -0.865. The van der Waals surface area contributed by atoms with E-state index in [1.807, 2.05) is 18.2 Å². The van der Waals surface area contributed by atoms with Crippen molar-refractivity contribution in [3.8, 4) is 0 Å². The highest BCUT2D eigenvalue weighted by molar-refractivity contribution is 5.27. The maximum Gasteiger partial charge on any atom is 0.254 e. The van der Waals surface area contributed by atoms with Gasteiger partial charge in [-0.2, -0.15) is 0 Å². The zero-order valence-electron chi connectivity index (χ0n) is 8.05. The fourth-order valence-electron chi connectivity index (χ4n) is 1.46. The van der Waals surface area contributed by atoms with E-state index in [0.717, 1.165) is 0 Å². The van der Waals surface area contributed by atoms with Gasteiger partial charge < -0.3 is 10.1 Å². The van der Waals surface area contributed by atoms with Crippen LogP contribution in [-0.4, -0.2) is 10.1 Å². The summed E-state index contributed by atoms with van der Waals surface area (Å²) in [5.41, 5.74) is 0.826. The zero-order chi connectivity index (χ0) is 10.7.